The first-order valence-corrected chi connectivity index (χ1v) is 3.57. The first-order chi connectivity index (χ1) is 5.15. The fraction of sp³-hybridized carbons (Fsp3) is 0. The van der Waals surface area contributed by atoms with E-state index in [1.54, 1.807) is 6.07 Å². The van der Waals surface area contributed by atoms with Crippen molar-refractivity contribution in [3.63, 3.8) is 0 Å². The molecule has 0 amide bonds. The van der Waals surface area contributed by atoms with E-state index in [-0.39, 0.29) is 21.2 Å². The zero-order valence-corrected chi connectivity index (χ0v) is 7.24. The molecule has 0 bridgehead atoms. The summed E-state index contributed by atoms with van der Waals surface area (Å²) in [7, 11) is 0. The van der Waals surface area contributed by atoms with Crippen molar-refractivity contribution in [1.29, 1.82) is 5.26 Å². The lowest BCUT2D eigenvalue weighted by Crippen LogP contribution is -1.90. The third-order valence-corrected chi connectivity index (χ3v) is 1.97. The lowest BCUT2D eigenvalue weighted by atomic mass is 10.6. The topological polar surface area (TPSA) is 49.6 Å². The molecule has 11 heavy (non-hydrogen) atoms. The van der Waals surface area contributed by atoms with Gasteiger partial charge in [0.2, 0.25) is 5.82 Å². The number of aromatic nitrogens is 2. The fourth-order valence-electron chi connectivity index (χ4n) is 0.444. The van der Waals surface area contributed by atoms with Gasteiger partial charge in [-0.2, -0.15) is 5.26 Å². The van der Waals surface area contributed by atoms with Gasteiger partial charge in [0.15, 0.2) is 10.3 Å². The summed E-state index contributed by atoms with van der Waals surface area (Å²) in [6, 6.07) is 1.69. The molecular formula is C5Cl3N3. The highest BCUT2D eigenvalue weighted by atomic mass is 35.5. The minimum atomic E-state index is -0.0931. The van der Waals surface area contributed by atoms with Crippen molar-refractivity contribution in [3.05, 3.63) is 21.2 Å². The van der Waals surface area contributed by atoms with Crippen molar-refractivity contribution in [1.82, 2.24) is 9.97 Å². The molecule has 1 aromatic heterocycles. The zero-order valence-electron chi connectivity index (χ0n) is 4.98. The van der Waals surface area contributed by atoms with E-state index >= 15 is 0 Å². The molecule has 0 N–H and O–H groups in total. The van der Waals surface area contributed by atoms with Crippen LogP contribution in [-0.2, 0) is 0 Å². The normalized spacial score (nSPS) is 9.27. The Morgan fingerprint density at radius 1 is 1.09 bits per heavy atom. The second kappa shape index (κ2) is 3.22. The Balaban J connectivity index is 3.35. The second-order valence-corrected chi connectivity index (χ2v) is 2.65. The van der Waals surface area contributed by atoms with Crippen molar-refractivity contribution in [2.24, 2.45) is 0 Å². The Bertz CT molecular complexity index is 307. The van der Waals surface area contributed by atoms with Crippen LogP contribution in [0.15, 0.2) is 0 Å². The number of hydrogen-bond acceptors (Lipinski definition) is 3. The zero-order chi connectivity index (χ0) is 8.43. The van der Waals surface area contributed by atoms with Crippen LogP contribution in [0.3, 0.4) is 0 Å². The van der Waals surface area contributed by atoms with E-state index in [1.165, 1.54) is 0 Å². The standard InChI is InChI=1S/C5Cl3N3/c6-3-4(7)10-2(1-9)11-5(3)8. The van der Waals surface area contributed by atoms with Crippen LogP contribution in [0.25, 0.3) is 0 Å². The number of hydrogen-bond donors (Lipinski definition) is 0. The molecule has 0 saturated heterocycles. The third kappa shape index (κ3) is 1.72. The highest BCUT2D eigenvalue weighted by Crippen LogP contribution is 2.25. The Kier molecular flexibility index (Phi) is 2.50. The highest BCUT2D eigenvalue weighted by molar-refractivity contribution is 6.46. The van der Waals surface area contributed by atoms with Crippen molar-refractivity contribution in [2.75, 3.05) is 0 Å². The van der Waals surface area contributed by atoms with Crippen LogP contribution in [0.1, 0.15) is 5.82 Å². The van der Waals surface area contributed by atoms with Crippen molar-refractivity contribution in [2.45, 2.75) is 0 Å². The fourth-order valence-corrected chi connectivity index (χ4v) is 0.916. The molecule has 0 saturated carbocycles. The molecule has 56 valence electrons. The van der Waals surface area contributed by atoms with Crippen molar-refractivity contribution >= 4 is 34.8 Å². The van der Waals surface area contributed by atoms with Gasteiger partial charge in [-0.1, -0.05) is 34.8 Å². The predicted molar refractivity (Wildman–Crippen MR) is 41.8 cm³/mol. The molecule has 1 aromatic rings. The van der Waals surface area contributed by atoms with Gasteiger partial charge in [-0.25, -0.2) is 9.97 Å². The molecule has 6 heteroatoms. The van der Waals surface area contributed by atoms with Crippen LogP contribution in [-0.4, -0.2) is 9.97 Å². The van der Waals surface area contributed by atoms with Crippen LogP contribution >= 0.6 is 34.8 Å². The van der Waals surface area contributed by atoms with Gasteiger partial charge in [0.05, 0.1) is 0 Å². The molecule has 0 atom stereocenters. The molecule has 0 aliphatic rings. The molecule has 0 aliphatic heterocycles. The van der Waals surface area contributed by atoms with E-state index in [9.17, 15) is 0 Å². The van der Waals surface area contributed by atoms with Gasteiger partial charge in [-0.3, -0.25) is 0 Å². The smallest absolute Gasteiger partial charge is 0.205 e. The maximum Gasteiger partial charge on any atom is 0.235 e. The van der Waals surface area contributed by atoms with Crippen molar-refractivity contribution < 1.29 is 0 Å². The third-order valence-electron chi connectivity index (χ3n) is 0.870. The first-order valence-electron chi connectivity index (χ1n) is 2.43. The SMILES string of the molecule is N#Cc1nc(Cl)c(Cl)c(Cl)n1. The quantitative estimate of drug-likeness (QED) is 0.615. The minimum absolute atomic E-state index is 0.0109. The molecule has 0 aliphatic carbocycles. The van der Waals surface area contributed by atoms with E-state index in [1.807, 2.05) is 0 Å². The highest BCUT2D eigenvalue weighted by Gasteiger charge is 2.07. The summed E-state index contributed by atoms with van der Waals surface area (Å²) in [5.41, 5.74) is 0. The summed E-state index contributed by atoms with van der Waals surface area (Å²) >= 11 is 16.5. The summed E-state index contributed by atoms with van der Waals surface area (Å²) in [6.07, 6.45) is 0. The lowest BCUT2D eigenvalue weighted by molar-refractivity contribution is 1.11. The molecule has 0 spiro atoms. The average molecular weight is 208 g/mol. The predicted octanol–water partition coefficient (Wildman–Crippen LogP) is 2.31. The van der Waals surface area contributed by atoms with E-state index in [0.717, 1.165) is 0 Å². The Morgan fingerprint density at radius 3 is 1.91 bits per heavy atom. The van der Waals surface area contributed by atoms with Gasteiger partial charge in [0.25, 0.3) is 0 Å². The number of nitriles is 1. The van der Waals surface area contributed by atoms with E-state index in [2.05, 4.69) is 9.97 Å². The molecule has 3 nitrogen and oxygen atoms in total. The minimum Gasteiger partial charge on any atom is -0.205 e. The summed E-state index contributed by atoms with van der Waals surface area (Å²) in [5.74, 6) is -0.0931. The maximum atomic E-state index is 8.34. The average Bonchev–Trinajstić information content (AvgIpc) is 1.99. The Hall–Kier alpha value is -0.560. The van der Waals surface area contributed by atoms with Crippen LogP contribution in [0.2, 0.25) is 15.3 Å². The molecule has 1 heterocycles. The molecule has 0 aromatic carbocycles. The molecule has 0 unspecified atom stereocenters. The van der Waals surface area contributed by atoms with E-state index in [4.69, 9.17) is 40.1 Å². The van der Waals surface area contributed by atoms with E-state index in [0.29, 0.717) is 0 Å². The van der Waals surface area contributed by atoms with Gasteiger partial charge in [-0.05, 0) is 0 Å². The van der Waals surface area contributed by atoms with Crippen LogP contribution in [0, 0.1) is 11.3 Å². The van der Waals surface area contributed by atoms with Gasteiger partial charge in [0, 0.05) is 0 Å². The monoisotopic (exact) mass is 207 g/mol. The molecule has 0 fully saturated rings. The first kappa shape index (κ1) is 8.54. The number of nitrogens with zero attached hydrogens (tertiary/aromatic N) is 3. The van der Waals surface area contributed by atoms with Gasteiger partial charge >= 0.3 is 0 Å². The Morgan fingerprint density at radius 2 is 1.55 bits per heavy atom. The van der Waals surface area contributed by atoms with Crippen molar-refractivity contribution in [3.8, 4) is 6.07 Å². The van der Waals surface area contributed by atoms with Gasteiger partial charge < -0.3 is 0 Å². The summed E-state index contributed by atoms with van der Waals surface area (Å²) in [5, 5.41) is 8.38. The number of halogens is 3. The van der Waals surface area contributed by atoms with Crippen LogP contribution < -0.4 is 0 Å². The maximum absolute atomic E-state index is 8.34. The Labute approximate surface area is 77.5 Å². The summed E-state index contributed by atoms with van der Waals surface area (Å²) in [4.78, 5) is 7.06. The largest absolute Gasteiger partial charge is 0.235 e. The molecular weight excluding hydrogens is 208 g/mol. The van der Waals surface area contributed by atoms with Gasteiger partial charge in [-0.15, -0.1) is 0 Å². The number of rotatable bonds is 0. The van der Waals surface area contributed by atoms with Crippen LogP contribution in [0.4, 0.5) is 0 Å². The molecule has 0 radical (unpaired) electrons. The lowest BCUT2D eigenvalue weighted by Gasteiger charge is -1.95. The van der Waals surface area contributed by atoms with E-state index < -0.39 is 0 Å². The second-order valence-electron chi connectivity index (χ2n) is 1.55. The van der Waals surface area contributed by atoms with Crippen LogP contribution in [0.5, 0.6) is 0 Å². The molecule has 1 rings (SSSR count). The summed E-state index contributed by atoms with van der Waals surface area (Å²) in [6.45, 7) is 0. The summed E-state index contributed by atoms with van der Waals surface area (Å²) < 4.78 is 0. The van der Waals surface area contributed by atoms with Gasteiger partial charge in [0.1, 0.15) is 11.1 Å².